The molecule has 1 aliphatic rings. The SMILES string of the molecule is O=C(CCCc1cccs1)NCC1(C(=O)O)CCCC1. The van der Waals surface area contributed by atoms with E-state index in [2.05, 4.69) is 11.4 Å². The number of aryl methyl sites for hydroxylation is 1. The third kappa shape index (κ3) is 3.82. The Balaban J connectivity index is 1.70. The van der Waals surface area contributed by atoms with E-state index >= 15 is 0 Å². The van der Waals surface area contributed by atoms with E-state index in [-0.39, 0.29) is 12.5 Å². The third-order valence-electron chi connectivity index (χ3n) is 4.05. The van der Waals surface area contributed by atoms with Gasteiger partial charge in [0.2, 0.25) is 5.91 Å². The normalized spacial score (nSPS) is 17.0. The second kappa shape index (κ2) is 6.88. The Morgan fingerprint density at radius 2 is 2.10 bits per heavy atom. The van der Waals surface area contributed by atoms with Crippen molar-refractivity contribution in [2.75, 3.05) is 6.54 Å². The van der Waals surface area contributed by atoms with Gasteiger partial charge in [-0.3, -0.25) is 9.59 Å². The lowest BCUT2D eigenvalue weighted by Gasteiger charge is -2.23. The van der Waals surface area contributed by atoms with Crippen molar-refractivity contribution in [1.82, 2.24) is 5.32 Å². The van der Waals surface area contributed by atoms with E-state index in [0.29, 0.717) is 19.3 Å². The number of hydrogen-bond donors (Lipinski definition) is 2. The fourth-order valence-electron chi connectivity index (χ4n) is 2.75. The van der Waals surface area contributed by atoms with E-state index in [1.165, 1.54) is 4.88 Å². The average molecular weight is 295 g/mol. The van der Waals surface area contributed by atoms with Crippen LogP contribution in [0, 0.1) is 5.41 Å². The fourth-order valence-corrected chi connectivity index (χ4v) is 3.50. The molecule has 2 rings (SSSR count). The zero-order chi connectivity index (χ0) is 14.4. The molecule has 0 bridgehead atoms. The van der Waals surface area contributed by atoms with Gasteiger partial charge in [-0.2, -0.15) is 0 Å². The summed E-state index contributed by atoms with van der Waals surface area (Å²) in [4.78, 5) is 24.4. The number of carbonyl (C=O) groups excluding carboxylic acids is 1. The first kappa shape index (κ1) is 15.0. The van der Waals surface area contributed by atoms with Crippen LogP contribution in [0.3, 0.4) is 0 Å². The first-order chi connectivity index (χ1) is 9.62. The second-order valence-electron chi connectivity index (χ2n) is 5.50. The maximum absolute atomic E-state index is 11.8. The number of carboxylic acid groups (broad SMARTS) is 1. The lowest BCUT2D eigenvalue weighted by atomic mass is 9.86. The Morgan fingerprint density at radius 3 is 2.70 bits per heavy atom. The zero-order valence-electron chi connectivity index (χ0n) is 11.6. The summed E-state index contributed by atoms with van der Waals surface area (Å²) in [6.45, 7) is 0.278. The zero-order valence-corrected chi connectivity index (χ0v) is 12.4. The van der Waals surface area contributed by atoms with Crippen LogP contribution in [0.2, 0.25) is 0 Å². The van der Waals surface area contributed by atoms with Gasteiger partial charge in [0.25, 0.3) is 0 Å². The number of aliphatic carboxylic acids is 1. The number of nitrogens with one attached hydrogen (secondary N) is 1. The lowest BCUT2D eigenvalue weighted by Crippen LogP contribution is -2.41. The Hall–Kier alpha value is -1.36. The molecule has 1 fully saturated rings. The van der Waals surface area contributed by atoms with Crippen LogP contribution in [0.25, 0.3) is 0 Å². The van der Waals surface area contributed by atoms with Crippen LogP contribution in [-0.4, -0.2) is 23.5 Å². The van der Waals surface area contributed by atoms with Crippen LogP contribution in [0.4, 0.5) is 0 Å². The molecule has 1 aromatic rings. The van der Waals surface area contributed by atoms with Gasteiger partial charge in [0, 0.05) is 17.8 Å². The Kier molecular flexibility index (Phi) is 5.17. The summed E-state index contributed by atoms with van der Waals surface area (Å²) >= 11 is 1.70. The molecular formula is C15H21NO3S. The number of carboxylic acids is 1. The van der Waals surface area contributed by atoms with Crippen molar-refractivity contribution in [2.24, 2.45) is 5.41 Å². The maximum atomic E-state index is 11.8. The van der Waals surface area contributed by atoms with E-state index < -0.39 is 11.4 Å². The quantitative estimate of drug-likeness (QED) is 0.813. The van der Waals surface area contributed by atoms with Crippen molar-refractivity contribution in [1.29, 1.82) is 0 Å². The Bertz CT molecular complexity index is 450. The molecule has 1 aliphatic carbocycles. The topological polar surface area (TPSA) is 66.4 Å². The predicted octanol–water partition coefficient (Wildman–Crippen LogP) is 2.83. The molecule has 0 spiro atoms. The van der Waals surface area contributed by atoms with Gasteiger partial charge in [0.05, 0.1) is 5.41 Å². The molecule has 20 heavy (non-hydrogen) atoms. The first-order valence-electron chi connectivity index (χ1n) is 7.15. The molecule has 1 saturated carbocycles. The molecule has 2 N–H and O–H groups in total. The van der Waals surface area contributed by atoms with Crippen molar-refractivity contribution in [2.45, 2.75) is 44.9 Å². The first-order valence-corrected chi connectivity index (χ1v) is 8.03. The van der Waals surface area contributed by atoms with E-state index in [0.717, 1.165) is 25.7 Å². The van der Waals surface area contributed by atoms with E-state index in [9.17, 15) is 14.7 Å². The highest BCUT2D eigenvalue weighted by Gasteiger charge is 2.41. The van der Waals surface area contributed by atoms with E-state index in [1.807, 2.05) is 11.4 Å². The molecule has 0 saturated heterocycles. The number of thiophene rings is 1. The molecule has 0 aliphatic heterocycles. The molecule has 0 atom stereocenters. The summed E-state index contributed by atoms with van der Waals surface area (Å²) in [5, 5.41) is 14.2. The number of carbonyl (C=O) groups is 2. The lowest BCUT2D eigenvalue weighted by molar-refractivity contribution is -0.148. The van der Waals surface area contributed by atoms with Gasteiger partial charge in [-0.05, 0) is 37.1 Å². The molecule has 4 nitrogen and oxygen atoms in total. The van der Waals surface area contributed by atoms with Crippen LogP contribution in [-0.2, 0) is 16.0 Å². The van der Waals surface area contributed by atoms with Crippen LogP contribution in [0.5, 0.6) is 0 Å². The fraction of sp³-hybridized carbons (Fsp3) is 0.600. The van der Waals surface area contributed by atoms with Crippen LogP contribution < -0.4 is 5.32 Å². The highest BCUT2D eigenvalue weighted by atomic mass is 32.1. The van der Waals surface area contributed by atoms with Gasteiger partial charge in [-0.25, -0.2) is 0 Å². The summed E-state index contributed by atoms with van der Waals surface area (Å²) in [6, 6.07) is 4.08. The Labute approximate surface area is 123 Å². The predicted molar refractivity (Wildman–Crippen MR) is 78.8 cm³/mol. The molecule has 1 amide bonds. The third-order valence-corrected chi connectivity index (χ3v) is 4.98. The minimum Gasteiger partial charge on any atom is -0.481 e. The van der Waals surface area contributed by atoms with Crippen molar-refractivity contribution in [3.05, 3.63) is 22.4 Å². The van der Waals surface area contributed by atoms with Gasteiger partial charge < -0.3 is 10.4 Å². The number of amides is 1. The second-order valence-corrected chi connectivity index (χ2v) is 6.53. The van der Waals surface area contributed by atoms with Crippen molar-refractivity contribution < 1.29 is 14.7 Å². The highest BCUT2D eigenvalue weighted by Crippen LogP contribution is 2.37. The minimum atomic E-state index is -0.770. The number of rotatable bonds is 7. The molecule has 1 heterocycles. The van der Waals surface area contributed by atoms with E-state index in [1.54, 1.807) is 11.3 Å². The Morgan fingerprint density at radius 1 is 1.35 bits per heavy atom. The van der Waals surface area contributed by atoms with Gasteiger partial charge in [-0.1, -0.05) is 18.9 Å². The summed E-state index contributed by atoms with van der Waals surface area (Å²) in [5.74, 6) is -0.803. The summed E-state index contributed by atoms with van der Waals surface area (Å²) in [7, 11) is 0. The monoisotopic (exact) mass is 295 g/mol. The molecule has 0 radical (unpaired) electrons. The van der Waals surface area contributed by atoms with Gasteiger partial charge in [-0.15, -0.1) is 11.3 Å². The molecular weight excluding hydrogens is 274 g/mol. The maximum Gasteiger partial charge on any atom is 0.311 e. The standard InChI is InChI=1S/C15H21NO3S/c17-13(7-3-5-12-6-4-10-20-12)16-11-15(14(18)19)8-1-2-9-15/h4,6,10H,1-3,5,7-9,11H2,(H,16,17)(H,18,19). The summed E-state index contributed by atoms with van der Waals surface area (Å²) in [6.07, 6.45) is 5.44. The molecule has 110 valence electrons. The van der Waals surface area contributed by atoms with Crippen molar-refractivity contribution >= 4 is 23.2 Å². The summed E-state index contributed by atoms with van der Waals surface area (Å²) in [5.41, 5.74) is -0.719. The average Bonchev–Trinajstić information content (AvgIpc) is 3.08. The van der Waals surface area contributed by atoms with Crippen LogP contribution >= 0.6 is 11.3 Å². The molecule has 1 aromatic heterocycles. The van der Waals surface area contributed by atoms with Gasteiger partial charge >= 0.3 is 5.97 Å². The largest absolute Gasteiger partial charge is 0.481 e. The molecule has 0 unspecified atom stereocenters. The van der Waals surface area contributed by atoms with Crippen LogP contribution in [0.1, 0.15) is 43.4 Å². The molecule has 5 heteroatoms. The van der Waals surface area contributed by atoms with E-state index in [4.69, 9.17) is 0 Å². The van der Waals surface area contributed by atoms with Crippen LogP contribution in [0.15, 0.2) is 17.5 Å². The number of hydrogen-bond acceptors (Lipinski definition) is 3. The van der Waals surface area contributed by atoms with Gasteiger partial charge in [0.15, 0.2) is 0 Å². The van der Waals surface area contributed by atoms with Gasteiger partial charge in [0.1, 0.15) is 0 Å². The highest BCUT2D eigenvalue weighted by molar-refractivity contribution is 7.09. The van der Waals surface area contributed by atoms with Crippen molar-refractivity contribution in [3.63, 3.8) is 0 Å². The summed E-state index contributed by atoms with van der Waals surface area (Å²) < 4.78 is 0. The molecule has 0 aromatic carbocycles. The smallest absolute Gasteiger partial charge is 0.311 e. The van der Waals surface area contributed by atoms with Crippen molar-refractivity contribution in [3.8, 4) is 0 Å². The minimum absolute atomic E-state index is 0.0333.